The summed E-state index contributed by atoms with van der Waals surface area (Å²) < 4.78 is -0.362. The van der Waals surface area contributed by atoms with E-state index >= 15 is 0 Å². The van der Waals surface area contributed by atoms with Gasteiger partial charge < -0.3 is 10.2 Å². The van der Waals surface area contributed by atoms with Crippen LogP contribution in [0.4, 0.5) is 0 Å². The molecule has 0 radical (unpaired) electrons. The van der Waals surface area contributed by atoms with Crippen LogP contribution >= 0.6 is 0 Å². The Morgan fingerprint density at radius 1 is 1.24 bits per heavy atom. The number of likely N-dealkylation sites (N-methyl/N-ethyl adjacent to an activating group) is 1. The van der Waals surface area contributed by atoms with Crippen molar-refractivity contribution in [3.05, 3.63) is 0 Å². The van der Waals surface area contributed by atoms with E-state index in [9.17, 15) is 19.8 Å². The molecule has 3 rings (SSSR count). The highest BCUT2D eigenvalue weighted by molar-refractivity contribution is 5.96. The standard InChI is InChI=1S/C11H17N2O4/c1-13-7-3-5-11(13,17)8(14)12-6-2-4-10(12,16)9(13)15/h16-17H,2-7H2,1H3/q+1/t10-,11-,13?/m1/s1. The Morgan fingerprint density at radius 3 is 2.65 bits per heavy atom. The van der Waals surface area contributed by atoms with Gasteiger partial charge in [-0.15, -0.1) is 0 Å². The van der Waals surface area contributed by atoms with Gasteiger partial charge in [-0.2, -0.15) is 0 Å². The zero-order chi connectivity index (χ0) is 12.5. The lowest BCUT2D eigenvalue weighted by Crippen LogP contribution is -2.80. The van der Waals surface area contributed by atoms with Gasteiger partial charge in [0.05, 0.1) is 13.6 Å². The topological polar surface area (TPSA) is 77.8 Å². The highest BCUT2D eigenvalue weighted by atomic mass is 16.4. The summed E-state index contributed by atoms with van der Waals surface area (Å²) in [6, 6.07) is 0. The predicted molar refractivity (Wildman–Crippen MR) is 56.1 cm³/mol. The molecule has 3 fully saturated rings. The number of hydrogen-bond acceptors (Lipinski definition) is 4. The van der Waals surface area contributed by atoms with Crippen molar-refractivity contribution in [2.45, 2.75) is 37.1 Å². The van der Waals surface area contributed by atoms with Crippen molar-refractivity contribution in [2.75, 3.05) is 20.1 Å². The number of quaternary nitrogens is 1. The van der Waals surface area contributed by atoms with Crippen LogP contribution in [0.1, 0.15) is 25.7 Å². The van der Waals surface area contributed by atoms with Gasteiger partial charge in [0.1, 0.15) is 0 Å². The van der Waals surface area contributed by atoms with Gasteiger partial charge in [0, 0.05) is 25.8 Å². The number of aliphatic hydroxyl groups is 2. The van der Waals surface area contributed by atoms with E-state index in [2.05, 4.69) is 0 Å². The second-order valence-corrected chi connectivity index (χ2v) is 5.52. The lowest BCUT2D eigenvalue weighted by Gasteiger charge is -2.50. The Hall–Kier alpha value is -0.980. The van der Waals surface area contributed by atoms with E-state index in [4.69, 9.17) is 0 Å². The molecular formula is C11H17N2O4+. The third-order valence-corrected chi connectivity index (χ3v) is 4.68. The van der Waals surface area contributed by atoms with E-state index in [1.807, 2.05) is 0 Å². The number of piperazine rings is 1. The summed E-state index contributed by atoms with van der Waals surface area (Å²) in [6.07, 6.45) is 1.79. The summed E-state index contributed by atoms with van der Waals surface area (Å²) in [5.41, 5.74) is -3.35. The largest absolute Gasteiger partial charge is 0.369 e. The van der Waals surface area contributed by atoms with Crippen molar-refractivity contribution in [1.29, 1.82) is 0 Å². The normalized spacial score (nSPS) is 49.5. The molecule has 3 saturated heterocycles. The summed E-state index contributed by atoms with van der Waals surface area (Å²) in [5, 5.41) is 20.9. The van der Waals surface area contributed by atoms with Crippen LogP contribution in [0.25, 0.3) is 0 Å². The smallest absolute Gasteiger partial charge is 0.360 e. The summed E-state index contributed by atoms with van der Waals surface area (Å²) >= 11 is 0. The fourth-order valence-corrected chi connectivity index (χ4v) is 3.57. The minimum absolute atomic E-state index is 0.279. The molecule has 0 saturated carbocycles. The number of fused-ring (bicyclic) bond motifs is 2. The monoisotopic (exact) mass is 241 g/mol. The van der Waals surface area contributed by atoms with Crippen LogP contribution in [0.2, 0.25) is 0 Å². The molecule has 3 atom stereocenters. The van der Waals surface area contributed by atoms with E-state index in [1.54, 1.807) is 7.05 Å². The second kappa shape index (κ2) is 2.88. The van der Waals surface area contributed by atoms with Crippen molar-refractivity contribution < 1.29 is 24.3 Å². The Kier molecular flexibility index (Phi) is 1.89. The molecule has 3 heterocycles. The second-order valence-electron chi connectivity index (χ2n) is 5.52. The molecule has 0 aromatic carbocycles. The van der Waals surface area contributed by atoms with Gasteiger partial charge >= 0.3 is 11.8 Å². The molecule has 0 aromatic rings. The molecule has 94 valence electrons. The number of hydrogen-bond donors (Lipinski definition) is 2. The van der Waals surface area contributed by atoms with Crippen LogP contribution in [0.3, 0.4) is 0 Å². The minimum Gasteiger partial charge on any atom is -0.360 e. The third kappa shape index (κ3) is 0.978. The highest BCUT2D eigenvalue weighted by Crippen LogP contribution is 2.46. The van der Waals surface area contributed by atoms with Crippen molar-refractivity contribution in [3.8, 4) is 0 Å². The van der Waals surface area contributed by atoms with E-state index in [1.165, 1.54) is 4.90 Å². The van der Waals surface area contributed by atoms with E-state index in [-0.39, 0.29) is 10.9 Å². The molecule has 2 amide bonds. The van der Waals surface area contributed by atoms with Gasteiger partial charge in [0.25, 0.3) is 11.4 Å². The van der Waals surface area contributed by atoms with Gasteiger partial charge in [-0.1, -0.05) is 0 Å². The fraction of sp³-hybridized carbons (Fsp3) is 0.818. The molecule has 2 N–H and O–H groups in total. The highest BCUT2D eigenvalue weighted by Gasteiger charge is 2.74. The maximum Gasteiger partial charge on any atom is 0.369 e. The van der Waals surface area contributed by atoms with Crippen molar-refractivity contribution in [3.63, 3.8) is 0 Å². The molecule has 6 nitrogen and oxygen atoms in total. The quantitative estimate of drug-likeness (QED) is 0.520. The van der Waals surface area contributed by atoms with Gasteiger partial charge in [-0.05, 0) is 6.42 Å². The van der Waals surface area contributed by atoms with Crippen LogP contribution < -0.4 is 0 Å². The SMILES string of the molecule is C[N+]12CCC[C@@]1(O)C(=O)N1CCC[C@@]1(O)C2=O. The third-order valence-electron chi connectivity index (χ3n) is 4.68. The molecule has 3 aliphatic rings. The van der Waals surface area contributed by atoms with E-state index in [0.717, 1.165) is 0 Å². The summed E-state index contributed by atoms with van der Waals surface area (Å²) in [6.45, 7) is 0.764. The maximum atomic E-state index is 12.5. The molecule has 0 aliphatic carbocycles. The molecular weight excluding hydrogens is 224 g/mol. The predicted octanol–water partition coefficient (Wildman–Crippen LogP) is -1.23. The van der Waals surface area contributed by atoms with Crippen LogP contribution in [-0.2, 0) is 9.59 Å². The summed E-state index contributed by atoms with van der Waals surface area (Å²) in [7, 11) is 1.56. The van der Waals surface area contributed by atoms with Crippen LogP contribution in [0.15, 0.2) is 0 Å². The van der Waals surface area contributed by atoms with E-state index < -0.39 is 23.3 Å². The van der Waals surface area contributed by atoms with Gasteiger partial charge in [0.15, 0.2) is 0 Å². The molecule has 0 spiro atoms. The van der Waals surface area contributed by atoms with Crippen LogP contribution in [-0.4, -0.2) is 63.0 Å². The Morgan fingerprint density at radius 2 is 1.94 bits per heavy atom. The molecule has 0 bridgehead atoms. The first-order valence-corrected chi connectivity index (χ1v) is 6.04. The maximum absolute atomic E-state index is 12.5. The fourth-order valence-electron chi connectivity index (χ4n) is 3.57. The number of carbonyl (C=O) groups excluding carboxylic acids is 2. The number of amides is 2. The molecule has 3 aliphatic heterocycles. The lowest BCUT2D eigenvalue weighted by atomic mass is 9.97. The summed E-state index contributed by atoms with van der Waals surface area (Å²) in [4.78, 5) is 25.9. The van der Waals surface area contributed by atoms with Crippen molar-refractivity contribution >= 4 is 11.8 Å². The number of carbonyl (C=O) groups is 2. The molecule has 0 aromatic heterocycles. The van der Waals surface area contributed by atoms with Crippen LogP contribution in [0.5, 0.6) is 0 Å². The summed E-state index contributed by atoms with van der Waals surface area (Å²) in [5.74, 6) is -0.924. The van der Waals surface area contributed by atoms with Gasteiger partial charge in [-0.3, -0.25) is 9.69 Å². The zero-order valence-electron chi connectivity index (χ0n) is 9.85. The Bertz CT molecular complexity index is 426. The van der Waals surface area contributed by atoms with E-state index in [0.29, 0.717) is 32.4 Å². The minimum atomic E-state index is -1.69. The lowest BCUT2D eigenvalue weighted by molar-refractivity contribution is -0.897. The van der Waals surface area contributed by atoms with Crippen LogP contribution in [0, 0.1) is 0 Å². The molecule has 17 heavy (non-hydrogen) atoms. The first-order chi connectivity index (χ1) is 7.86. The Labute approximate surface area is 99.0 Å². The zero-order valence-corrected chi connectivity index (χ0v) is 9.85. The Balaban J connectivity index is 2.17. The first-order valence-electron chi connectivity index (χ1n) is 6.04. The van der Waals surface area contributed by atoms with Crippen molar-refractivity contribution in [2.24, 2.45) is 0 Å². The molecule has 6 heteroatoms. The molecule has 1 unspecified atom stereocenters. The average Bonchev–Trinajstić information content (AvgIpc) is 2.81. The van der Waals surface area contributed by atoms with Gasteiger partial charge in [-0.25, -0.2) is 9.28 Å². The number of nitrogens with zero attached hydrogens (tertiary/aromatic N) is 2. The van der Waals surface area contributed by atoms with Crippen molar-refractivity contribution in [1.82, 2.24) is 4.90 Å². The average molecular weight is 241 g/mol. The first kappa shape index (κ1) is 11.1. The number of rotatable bonds is 0. The van der Waals surface area contributed by atoms with Gasteiger partial charge in [0.2, 0.25) is 0 Å².